The molecule has 0 spiro atoms. The van der Waals surface area contributed by atoms with Crippen LogP contribution >= 0.6 is 0 Å². The summed E-state index contributed by atoms with van der Waals surface area (Å²) in [7, 11) is -3.92. The minimum atomic E-state index is -4.39. The van der Waals surface area contributed by atoms with Crippen LogP contribution in [0.15, 0.2) is 52.5 Å². The molecule has 0 aliphatic heterocycles. The third kappa shape index (κ3) is 11.4. The van der Waals surface area contributed by atoms with Gasteiger partial charge in [-0.1, -0.05) is 29.8 Å². The number of halogens is 6. The van der Waals surface area contributed by atoms with Crippen LogP contribution in [0.4, 0.5) is 26.3 Å². The average Bonchev–Trinajstić information content (AvgIpc) is 2.62. The first-order valence-electron chi connectivity index (χ1n) is 8.66. The van der Waals surface area contributed by atoms with Crippen molar-refractivity contribution in [3.63, 3.8) is 0 Å². The second kappa shape index (κ2) is 12.1. The van der Waals surface area contributed by atoms with Gasteiger partial charge in [0.15, 0.2) is 0 Å². The van der Waals surface area contributed by atoms with Gasteiger partial charge in [-0.2, -0.15) is 34.8 Å². The summed E-state index contributed by atoms with van der Waals surface area (Å²) in [6.45, 7) is 3.14. The Balaban J connectivity index is 0.000000710. The van der Waals surface area contributed by atoms with E-state index in [0.717, 1.165) is 31.6 Å². The van der Waals surface area contributed by atoms with Gasteiger partial charge in [-0.05, 0) is 45.7 Å². The maximum atomic E-state index is 12.2. The van der Waals surface area contributed by atoms with E-state index in [4.69, 9.17) is 5.11 Å². The van der Waals surface area contributed by atoms with Crippen molar-refractivity contribution in [2.75, 3.05) is 13.2 Å². The number of rotatable bonds is 7. The first-order valence-corrected chi connectivity index (χ1v) is 10.1. The lowest BCUT2D eigenvalue weighted by molar-refractivity contribution is -0.0924. The summed E-state index contributed by atoms with van der Waals surface area (Å²) in [5.41, 5.74) is -0.525. The maximum absolute atomic E-state index is 12.2. The molecule has 0 saturated heterocycles. The summed E-state index contributed by atoms with van der Waals surface area (Å²) in [4.78, 5) is -0.0142. The lowest BCUT2D eigenvalue weighted by Crippen LogP contribution is -2.10. The average molecular weight is 462 g/mol. The van der Waals surface area contributed by atoms with Crippen LogP contribution in [-0.4, -0.2) is 39.1 Å². The molecule has 0 amide bonds. The maximum Gasteiger partial charge on any atom is 0.412 e. The van der Waals surface area contributed by atoms with Gasteiger partial charge in [-0.15, -0.1) is 0 Å². The van der Waals surface area contributed by atoms with Crippen LogP contribution in [0, 0.1) is 6.92 Å². The molecule has 172 valence electrons. The van der Waals surface area contributed by atoms with Crippen molar-refractivity contribution in [1.29, 1.82) is 0 Å². The van der Waals surface area contributed by atoms with E-state index < -0.39 is 33.6 Å². The number of benzene rings is 1. The van der Waals surface area contributed by atoms with E-state index in [2.05, 4.69) is 4.18 Å². The fourth-order valence-electron chi connectivity index (χ4n) is 1.72. The summed E-state index contributed by atoms with van der Waals surface area (Å²) in [6.07, 6.45) is -6.82. The Bertz CT molecular complexity index is 807. The number of allylic oxidation sites excluding steroid dienone is 2. The standard InChI is InChI=1S/C13H15F3O3S.C6H9F3O/c1-10-5-7-12(8-6-10)20(17,18)19-9-3-4-11(2)13(14,15)16;1-5(3-2-4-10)6(7,8)9/h4-8H,3,9H2,1-2H3;3,10H,2,4H2,1H3/b11-4-;5-3-. The molecule has 1 N–H and O–H groups in total. The van der Waals surface area contributed by atoms with Crippen LogP contribution in [-0.2, 0) is 14.3 Å². The molecular formula is C19H24F6O4S. The fourth-order valence-corrected chi connectivity index (χ4v) is 2.64. The van der Waals surface area contributed by atoms with E-state index in [0.29, 0.717) is 0 Å². The highest BCUT2D eigenvalue weighted by Gasteiger charge is 2.30. The molecule has 1 aromatic rings. The van der Waals surface area contributed by atoms with E-state index >= 15 is 0 Å². The Morgan fingerprint density at radius 1 is 0.933 bits per heavy atom. The van der Waals surface area contributed by atoms with Gasteiger partial charge in [0, 0.05) is 17.8 Å². The zero-order chi connectivity index (χ0) is 23.6. The molecule has 4 nitrogen and oxygen atoms in total. The van der Waals surface area contributed by atoms with E-state index in [1.807, 2.05) is 6.92 Å². The predicted octanol–water partition coefficient (Wildman–Crippen LogP) is 5.48. The molecule has 0 aromatic heterocycles. The molecule has 0 radical (unpaired) electrons. The topological polar surface area (TPSA) is 63.6 Å². The smallest absolute Gasteiger partial charge is 0.396 e. The zero-order valence-corrected chi connectivity index (χ0v) is 17.5. The predicted molar refractivity (Wildman–Crippen MR) is 100 cm³/mol. The molecule has 0 fully saturated rings. The van der Waals surface area contributed by atoms with E-state index in [9.17, 15) is 34.8 Å². The first-order chi connectivity index (χ1) is 13.6. The van der Waals surface area contributed by atoms with Crippen molar-refractivity contribution in [1.82, 2.24) is 0 Å². The second-order valence-corrected chi connectivity index (χ2v) is 7.78. The summed E-state index contributed by atoms with van der Waals surface area (Å²) >= 11 is 0. The molecule has 0 aliphatic rings. The van der Waals surface area contributed by atoms with Gasteiger partial charge in [0.2, 0.25) is 0 Å². The van der Waals surface area contributed by atoms with Crippen LogP contribution in [0.3, 0.4) is 0 Å². The van der Waals surface area contributed by atoms with Gasteiger partial charge in [-0.3, -0.25) is 4.18 Å². The van der Waals surface area contributed by atoms with E-state index in [1.54, 1.807) is 12.1 Å². The summed E-state index contributed by atoms with van der Waals surface area (Å²) in [5, 5.41) is 8.17. The SMILES string of the molecule is C/C(=C/CCO)C(F)(F)F.C/C(=C/CCOS(=O)(=O)c1ccc(C)cc1)C(F)(F)F. The minimum absolute atomic E-state index is 0.0142. The van der Waals surface area contributed by atoms with Gasteiger partial charge in [0.05, 0.1) is 11.5 Å². The molecular weight excluding hydrogens is 438 g/mol. The van der Waals surface area contributed by atoms with Gasteiger partial charge < -0.3 is 5.11 Å². The second-order valence-electron chi connectivity index (χ2n) is 6.16. The highest BCUT2D eigenvalue weighted by molar-refractivity contribution is 7.86. The number of aliphatic hydroxyl groups is 1. The third-order valence-corrected chi connectivity index (χ3v) is 4.92. The van der Waals surface area contributed by atoms with Gasteiger partial charge in [-0.25, -0.2) is 0 Å². The number of hydrogen-bond donors (Lipinski definition) is 1. The number of aliphatic hydroxyl groups excluding tert-OH is 1. The lowest BCUT2D eigenvalue weighted by Gasteiger charge is -2.07. The lowest BCUT2D eigenvalue weighted by atomic mass is 10.2. The van der Waals surface area contributed by atoms with Crippen molar-refractivity contribution >= 4 is 10.1 Å². The third-order valence-electron chi connectivity index (χ3n) is 3.59. The Labute approximate surface area is 172 Å². The molecule has 0 bridgehead atoms. The number of alkyl halides is 6. The van der Waals surface area contributed by atoms with Crippen LogP contribution in [0.25, 0.3) is 0 Å². The van der Waals surface area contributed by atoms with Crippen molar-refractivity contribution in [2.45, 2.75) is 50.9 Å². The monoisotopic (exact) mass is 462 g/mol. The van der Waals surface area contributed by atoms with Gasteiger partial charge in [0.25, 0.3) is 10.1 Å². The van der Waals surface area contributed by atoms with Crippen LogP contribution in [0.5, 0.6) is 0 Å². The summed E-state index contributed by atoms with van der Waals surface area (Å²) in [6, 6.07) is 6.01. The largest absolute Gasteiger partial charge is 0.412 e. The Hall–Kier alpha value is -1.85. The highest BCUT2D eigenvalue weighted by Crippen LogP contribution is 2.25. The molecule has 1 aromatic carbocycles. The Morgan fingerprint density at radius 2 is 1.37 bits per heavy atom. The number of aryl methyl sites for hydroxylation is 1. The fraction of sp³-hybridized carbons (Fsp3) is 0.474. The summed E-state index contributed by atoms with van der Waals surface area (Å²) in [5.74, 6) is 0. The van der Waals surface area contributed by atoms with Crippen LogP contribution < -0.4 is 0 Å². The molecule has 0 saturated carbocycles. The normalized spacial score (nSPS) is 13.7. The Morgan fingerprint density at radius 3 is 1.77 bits per heavy atom. The highest BCUT2D eigenvalue weighted by atomic mass is 32.2. The zero-order valence-electron chi connectivity index (χ0n) is 16.6. The van der Waals surface area contributed by atoms with Crippen molar-refractivity contribution in [2.24, 2.45) is 0 Å². The van der Waals surface area contributed by atoms with Crippen molar-refractivity contribution in [3.8, 4) is 0 Å². The van der Waals surface area contributed by atoms with Crippen LogP contribution in [0.2, 0.25) is 0 Å². The molecule has 0 atom stereocenters. The van der Waals surface area contributed by atoms with Gasteiger partial charge in [0.1, 0.15) is 0 Å². The molecule has 1 rings (SSSR count). The van der Waals surface area contributed by atoms with Crippen LogP contribution in [0.1, 0.15) is 32.3 Å². The first kappa shape index (κ1) is 28.1. The van der Waals surface area contributed by atoms with E-state index in [-0.39, 0.29) is 31.0 Å². The Kier molecular flexibility index (Phi) is 11.4. The van der Waals surface area contributed by atoms with Crippen molar-refractivity contribution < 1.29 is 44.0 Å². The van der Waals surface area contributed by atoms with E-state index in [1.165, 1.54) is 12.1 Å². The molecule has 11 heteroatoms. The van der Waals surface area contributed by atoms with Crippen molar-refractivity contribution in [3.05, 3.63) is 53.1 Å². The summed E-state index contributed by atoms with van der Waals surface area (Å²) < 4.78 is 99.5. The number of hydrogen-bond acceptors (Lipinski definition) is 4. The quantitative estimate of drug-likeness (QED) is 0.252. The molecule has 0 unspecified atom stereocenters. The van der Waals surface area contributed by atoms with Gasteiger partial charge >= 0.3 is 12.4 Å². The minimum Gasteiger partial charge on any atom is -0.396 e. The molecule has 30 heavy (non-hydrogen) atoms. The molecule has 0 heterocycles. The molecule has 0 aliphatic carbocycles.